The van der Waals surface area contributed by atoms with Gasteiger partial charge in [-0.3, -0.25) is 4.79 Å². The fourth-order valence-electron chi connectivity index (χ4n) is 2.72. The van der Waals surface area contributed by atoms with E-state index in [1.807, 2.05) is 42.2 Å². The molecule has 1 aromatic carbocycles. The van der Waals surface area contributed by atoms with Crippen LogP contribution in [0.4, 0.5) is 0 Å². The minimum absolute atomic E-state index is 0.0813. The fourth-order valence-corrected chi connectivity index (χ4v) is 2.72. The summed E-state index contributed by atoms with van der Waals surface area (Å²) < 4.78 is 11.0. The van der Waals surface area contributed by atoms with Gasteiger partial charge in [-0.2, -0.15) is 0 Å². The molecule has 122 valence electrons. The predicted octanol–water partition coefficient (Wildman–Crippen LogP) is 1.43. The Morgan fingerprint density at radius 2 is 2.14 bits per heavy atom. The maximum absolute atomic E-state index is 12.3. The topological polar surface area (TPSA) is 50.8 Å². The van der Waals surface area contributed by atoms with Crippen LogP contribution in [-0.4, -0.2) is 56.3 Å². The molecule has 0 radical (unpaired) electrons. The summed E-state index contributed by atoms with van der Waals surface area (Å²) in [5, 5.41) is 3.18. The quantitative estimate of drug-likeness (QED) is 0.738. The highest BCUT2D eigenvalue weighted by Gasteiger charge is 2.30. The Labute approximate surface area is 132 Å². The van der Waals surface area contributed by atoms with Crippen LogP contribution in [0.5, 0.6) is 0 Å². The van der Waals surface area contributed by atoms with Crippen molar-refractivity contribution in [2.24, 2.45) is 0 Å². The van der Waals surface area contributed by atoms with Gasteiger partial charge in [0.2, 0.25) is 5.91 Å². The average molecular weight is 306 g/mol. The third-order valence-electron chi connectivity index (χ3n) is 3.96. The minimum Gasteiger partial charge on any atom is -0.383 e. The Kier molecular flexibility index (Phi) is 6.83. The molecule has 1 saturated heterocycles. The SMILES string of the molecule is COC[C@@H](CCOCc1ccccc1)N1CCN[C@@H](C)C1=O. The van der Waals surface area contributed by atoms with Gasteiger partial charge in [0.25, 0.3) is 0 Å². The molecule has 1 amide bonds. The van der Waals surface area contributed by atoms with Crippen LogP contribution in [0.2, 0.25) is 0 Å². The maximum atomic E-state index is 12.3. The summed E-state index contributed by atoms with van der Waals surface area (Å²) in [4.78, 5) is 14.2. The summed E-state index contributed by atoms with van der Waals surface area (Å²) in [6, 6.07) is 10.1. The molecule has 2 rings (SSSR count). The van der Waals surface area contributed by atoms with Crippen LogP contribution in [0.1, 0.15) is 18.9 Å². The van der Waals surface area contributed by atoms with Crippen molar-refractivity contribution < 1.29 is 14.3 Å². The molecule has 5 nitrogen and oxygen atoms in total. The summed E-state index contributed by atoms with van der Waals surface area (Å²) in [5.41, 5.74) is 1.16. The predicted molar refractivity (Wildman–Crippen MR) is 85.6 cm³/mol. The largest absolute Gasteiger partial charge is 0.383 e. The molecule has 0 aromatic heterocycles. The lowest BCUT2D eigenvalue weighted by atomic mass is 10.1. The van der Waals surface area contributed by atoms with Gasteiger partial charge in [-0.25, -0.2) is 0 Å². The van der Waals surface area contributed by atoms with Crippen molar-refractivity contribution in [2.75, 3.05) is 33.4 Å². The van der Waals surface area contributed by atoms with Gasteiger partial charge in [-0.1, -0.05) is 30.3 Å². The Bertz CT molecular complexity index is 452. The van der Waals surface area contributed by atoms with E-state index < -0.39 is 0 Å². The smallest absolute Gasteiger partial charge is 0.239 e. The first kappa shape index (κ1) is 16.9. The van der Waals surface area contributed by atoms with Crippen molar-refractivity contribution in [1.82, 2.24) is 10.2 Å². The molecule has 2 atom stereocenters. The van der Waals surface area contributed by atoms with E-state index in [2.05, 4.69) is 5.32 Å². The van der Waals surface area contributed by atoms with Crippen molar-refractivity contribution >= 4 is 5.91 Å². The molecule has 0 bridgehead atoms. The molecule has 0 spiro atoms. The maximum Gasteiger partial charge on any atom is 0.239 e. The number of rotatable bonds is 8. The van der Waals surface area contributed by atoms with Crippen LogP contribution in [-0.2, 0) is 20.9 Å². The van der Waals surface area contributed by atoms with Gasteiger partial charge in [-0.15, -0.1) is 0 Å². The first-order valence-corrected chi connectivity index (χ1v) is 7.87. The lowest BCUT2D eigenvalue weighted by molar-refractivity contribution is -0.139. The van der Waals surface area contributed by atoms with Crippen molar-refractivity contribution in [3.05, 3.63) is 35.9 Å². The van der Waals surface area contributed by atoms with E-state index in [0.29, 0.717) is 19.8 Å². The van der Waals surface area contributed by atoms with E-state index >= 15 is 0 Å². The Balaban J connectivity index is 1.80. The lowest BCUT2D eigenvalue weighted by Crippen LogP contribution is -2.58. The summed E-state index contributed by atoms with van der Waals surface area (Å²) in [6.07, 6.45) is 0.791. The van der Waals surface area contributed by atoms with Gasteiger partial charge in [0.05, 0.1) is 25.3 Å². The zero-order chi connectivity index (χ0) is 15.8. The molecular formula is C17H26N2O3. The highest BCUT2D eigenvalue weighted by molar-refractivity contribution is 5.82. The number of nitrogens with one attached hydrogen (secondary N) is 1. The summed E-state index contributed by atoms with van der Waals surface area (Å²) in [7, 11) is 1.67. The number of amides is 1. The third-order valence-corrected chi connectivity index (χ3v) is 3.96. The van der Waals surface area contributed by atoms with Crippen molar-refractivity contribution in [2.45, 2.75) is 32.0 Å². The van der Waals surface area contributed by atoms with Gasteiger partial charge in [0, 0.05) is 26.8 Å². The number of nitrogens with zero attached hydrogens (tertiary/aromatic N) is 1. The van der Waals surface area contributed by atoms with Gasteiger partial charge in [-0.05, 0) is 18.9 Å². The number of hydrogen-bond donors (Lipinski definition) is 1. The molecule has 1 N–H and O–H groups in total. The Morgan fingerprint density at radius 3 is 2.86 bits per heavy atom. The molecule has 1 aliphatic heterocycles. The summed E-state index contributed by atoms with van der Waals surface area (Å²) in [6.45, 7) is 5.24. The normalized spacial score (nSPS) is 20.2. The molecule has 22 heavy (non-hydrogen) atoms. The lowest BCUT2D eigenvalue weighted by Gasteiger charge is -2.37. The first-order chi connectivity index (χ1) is 10.7. The monoisotopic (exact) mass is 306 g/mol. The molecular weight excluding hydrogens is 280 g/mol. The van der Waals surface area contributed by atoms with Crippen LogP contribution in [0.15, 0.2) is 30.3 Å². The van der Waals surface area contributed by atoms with Crippen LogP contribution < -0.4 is 5.32 Å². The van der Waals surface area contributed by atoms with Crippen molar-refractivity contribution in [3.8, 4) is 0 Å². The highest BCUT2D eigenvalue weighted by atomic mass is 16.5. The summed E-state index contributed by atoms with van der Waals surface area (Å²) >= 11 is 0. The van der Waals surface area contributed by atoms with Crippen LogP contribution in [0, 0.1) is 0 Å². The standard InChI is InChI=1S/C17H26N2O3/c1-14-17(20)19(10-9-18-14)16(13-21-2)8-11-22-12-15-6-4-3-5-7-15/h3-7,14,16,18H,8-13H2,1-2H3/t14-,16+/m0/s1. The second-order valence-electron chi connectivity index (χ2n) is 5.64. The number of carbonyl (C=O) groups is 1. The minimum atomic E-state index is -0.113. The highest BCUT2D eigenvalue weighted by Crippen LogP contribution is 2.11. The van der Waals surface area contributed by atoms with Crippen molar-refractivity contribution in [1.29, 1.82) is 0 Å². The molecule has 1 fully saturated rings. The van der Waals surface area contributed by atoms with E-state index in [0.717, 1.165) is 25.1 Å². The second kappa shape index (κ2) is 8.88. The van der Waals surface area contributed by atoms with Crippen molar-refractivity contribution in [3.63, 3.8) is 0 Å². The van der Waals surface area contributed by atoms with Gasteiger partial charge < -0.3 is 19.7 Å². The van der Waals surface area contributed by atoms with Gasteiger partial charge in [0.1, 0.15) is 0 Å². The number of hydrogen-bond acceptors (Lipinski definition) is 4. The molecule has 1 heterocycles. The Hall–Kier alpha value is -1.43. The van der Waals surface area contributed by atoms with Gasteiger partial charge >= 0.3 is 0 Å². The number of carbonyl (C=O) groups excluding carboxylic acids is 1. The average Bonchev–Trinajstić information content (AvgIpc) is 2.54. The number of methoxy groups -OCH3 is 1. The molecule has 0 saturated carbocycles. The Morgan fingerprint density at radius 1 is 1.36 bits per heavy atom. The molecule has 1 aliphatic rings. The van der Waals surface area contributed by atoms with E-state index in [1.165, 1.54) is 0 Å². The van der Waals surface area contributed by atoms with Gasteiger partial charge in [0.15, 0.2) is 0 Å². The van der Waals surface area contributed by atoms with E-state index in [1.54, 1.807) is 7.11 Å². The molecule has 0 aliphatic carbocycles. The number of piperazine rings is 1. The second-order valence-corrected chi connectivity index (χ2v) is 5.64. The zero-order valence-corrected chi connectivity index (χ0v) is 13.5. The van der Waals surface area contributed by atoms with Crippen LogP contribution in [0.25, 0.3) is 0 Å². The fraction of sp³-hybridized carbons (Fsp3) is 0.588. The third kappa shape index (κ3) is 4.80. The molecule has 0 unspecified atom stereocenters. The van der Waals surface area contributed by atoms with E-state index in [-0.39, 0.29) is 18.0 Å². The molecule has 1 aromatic rings. The van der Waals surface area contributed by atoms with Crippen LogP contribution in [0.3, 0.4) is 0 Å². The molecule has 5 heteroatoms. The summed E-state index contributed by atoms with van der Waals surface area (Å²) in [5.74, 6) is 0.149. The van der Waals surface area contributed by atoms with Crippen LogP contribution >= 0.6 is 0 Å². The first-order valence-electron chi connectivity index (χ1n) is 7.87. The van der Waals surface area contributed by atoms with E-state index in [4.69, 9.17) is 9.47 Å². The van der Waals surface area contributed by atoms with E-state index in [9.17, 15) is 4.79 Å². The number of ether oxygens (including phenoxy) is 2. The zero-order valence-electron chi connectivity index (χ0n) is 13.5. The number of benzene rings is 1.